The van der Waals surface area contributed by atoms with Gasteiger partial charge in [0.05, 0.1) is 12.2 Å². The summed E-state index contributed by atoms with van der Waals surface area (Å²) in [4.78, 5) is 23.9. The number of carbonyl (C=O) groups excluding carboxylic acids is 2. The van der Waals surface area contributed by atoms with E-state index in [0.29, 0.717) is 12.1 Å². The van der Waals surface area contributed by atoms with Crippen LogP contribution in [0.1, 0.15) is 33.3 Å². The number of nitrogens with zero attached hydrogens (tertiary/aromatic N) is 2. The van der Waals surface area contributed by atoms with Gasteiger partial charge in [0.1, 0.15) is 12.4 Å². The Morgan fingerprint density at radius 3 is 2.56 bits per heavy atom. The maximum atomic E-state index is 13.3. The smallest absolute Gasteiger partial charge is 0.419 e. The van der Waals surface area contributed by atoms with Crippen LogP contribution in [0.15, 0.2) is 24.3 Å². The molecule has 0 bridgehead atoms. The fraction of sp³-hybridized carbons (Fsp3) is 0.267. The summed E-state index contributed by atoms with van der Waals surface area (Å²) in [6.45, 7) is 0.935. The summed E-state index contributed by atoms with van der Waals surface area (Å²) in [7, 11) is 0. The minimum Gasteiger partial charge on any atom is -0.492 e. The molecule has 0 saturated heterocycles. The Morgan fingerprint density at radius 2 is 1.96 bits per heavy atom. The van der Waals surface area contributed by atoms with Crippen molar-refractivity contribution in [2.75, 3.05) is 6.61 Å². The third-order valence-corrected chi connectivity index (χ3v) is 3.14. The summed E-state index contributed by atoms with van der Waals surface area (Å²) in [6, 6.07) is 2.76. The molecule has 1 heterocycles. The van der Waals surface area contributed by atoms with Crippen LogP contribution in [-0.2, 0) is 17.5 Å². The molecule has 25 heavy (non-hydrogen) atoms. The predicted octanol–water partition coefficient (Wildman–Crippen LogP) is 2.81. The van der Waals surface area contributed by atoms with Gasteiger partial charge in [0, 0.05) is 11.6 Å². The lowest BCUT2D eigenvalue weighted by Crippen LogP contribution is -2.19. The topological polar surface area (TPSA) is 81.4 Å². The molecule has 0 fully saturated rings. The van der Waals surface area contributed by atoms with Gasteiger partial charge in [-0.25, -0.2) is 13.9 Å². The van der Waals surface area contributed by atoms with Gasteiger partial charge in [-0.2, -0.15) is 13.2 Å². The molecule has 134 valence electrons. The van der Waals surface area contributed by atoms with Crippen molar-refractivity contribution in [2.24, 2.45) is 0 Å². The van der Waals surface area contributed by atoms with E-state index in [2.05, 4.69) is 5.10 Å². The number of ether oxygens (including phenoxy) is 1. The molecule has 0 atom stereocenters. The molecule has 2 aromatic rings. The predicted molar refractivity (Wildman–Crippen MR) is 75.6 cm³/mol. The number of carbonyl (C=O) groups is 2. The molecule has 0 spiro atoms. The highest BCUT2D eigenvalue weighted by Gasteiger charge is 2.34. The summed E-state index contributed by atoms with van der Waals surface area (Å²) < 4.78 is 56.9. The average Bonchev–Trinajstić information content (AvgIpc) is 2.87. The number of esters is 1. The van der Waals surface area contributed by atoms with Gasteiger partial charge < -0.3 is 9.84 Å². The molecule has 0 saturated carbocycles. The first-order valence-electron chi connectivity index (χ1n) is 6.97. The van der Waals surface area contributed by atoms with Gasteiger partial charge in [-0.15, -0.1) is 5.10 Å². The zero-order chi connectivity index (χ0) is 18.8. The van der Waals surface area contributed by atoms with Gasteiger partial charge in [0.25, 0.3) is 0 Å². The van der Waals surface area contributed by atoms with Crippen molar-refractivity contribution < 1.29 is 37.0 Å². The van der Waals surface area contributed by atoms with Gasteiger partial charge in [0.2, 0.25) is 5.88 Å². The Kier molecular flexibility index (Phi) is 5.10. The van der Waals surface area contributed by atoms with Crippen molar-refractivity contribution in [1.82, 2.24) is 9.78 Å². The van der Waals surface area contributed by atoms with Gasteiger partial charge in [-0.05, 0) is 25.1 Å². The number of hydrogen-bond acceptors (Lipinski definition) is 5. The van der Waals surface area contributed by atoms with Crippen molar-refractivity contribution >= 4 is 11.8 Å². The van der Waals surface area contributed by atoms with Crippen molar-refractivity contribution in [3.05, 3.63) is 46.9 Å². The number of aromatic nitrogens is 2. The molecule has 0 unspecified atom stereocenters. The van der Waals surface area contributed by atoms with Crippen LogP contribution in [0.2, 0.25) is 0 Å². The summed E-state index contributed by atoms with van der Waals surface area (Å²) in [6.07, 6.45) is -4.96. The first kappa shape index (κ1) is 18.4. The second-order valence-corrected chi connectivity index (χ2v) is 4.88. The molecule has 1 aromatic heterocycles. The van der Waals surface area contributed by atoms with Crippen molar-refractivity contribution in [3.63, 3.8) is 0 Å². The molecule has 0 aliphatic rings. The molecule has 6 nitrogen and oxygen atoms in total. The number of rotatable bonds is 5. The fourth-order valence-corrected chi connectivity index (χ4v) is 2.04. The van der Waals surface area contributed by atoms with E-state index in [9.17, 15) is 32.3 Å². The highest BCUT2D eigenvalue weighted by Crippen LogP contribution is 2.32. The molecule has 0 radical (unpaired) electrons. The number of Topliss-reactive ketones (excluding diaryl/α,β-unsaturated/α-hetero) is 1. The van der Waals surface area contributed by atoms with E-state index < -0.39 is 47.3 Å². The van der Waals surface area contributed by atoms with Crippen LogP contribution in [0.3, 0.4) is 0 Å². The molecule has 0 amide bonds. The zero-order valence-corrected chi connectivity index (χ0v) is 12.8. The minimum absolute atomic E-state index is 0.0334. The van der Waals surface area contributed by atoms with E-state index in [1.807, 2.05) is 0 Å². The monoisotopic (exact) mass is 360 g/mol. The Morgan fingerprint density at radius 1 is 1.28 bits per heavy atom. The number of aromatic hydroxyl groups is 1. The number of benzene rings is 1. The van der Waals surface area contributed by atoms with Crippen LogP contribution in [0.4, 0.5) is 17.6 Å². The van der Waals surface area contributed by atoms with Crippen LogP contribution in [-0.4, -0.2) is 33.2 Å². The molecule has 1 aromatic carbocycles. The standard InChI is InChI=1S/C15H12F4N2O4/c1-2-25-14(24)11-6-13(23)20-21(11)7-12(22)8-3-4-10(16)9(5-8)15(17,18)19/h3-6H,2,7H2,1H3,(H,20,23). The molecule has 10 heteroatoms. The average molecular weight is 360 g/mol. The summed E-state index contributed by atoms with van der Waals surface area (Å²) in [5.74, 6) is -3.80. The first-order valence-corrected chi connectivity index (χ1v) is 6.97. The van der Waals surface area contributed by atoms with Crippen LogP contribution in [0, 0.1) is 5.82 Å². The highest BCUT2D eigenvalue weighted by molar-refractivity contribution is 5.97. The second kappa shape index (κ2) is 6.91. The highest BCUT2D eigenvalue weighted by atomic mass is 19.4. The Bertz CT molecular complexity index is 814. The lowest BCUT2D eigenvalue weighted by molar-refractivity contribution is -0.140. The SMILES string of the molecule is CCOC(=O)c1cc(O)nn1CC(=O)c1ccc(F)c(C(F)(F)F)c1. The van der Waals surface area contributed by atoms with Gasteiger partial charge >= 0.3 is 12.1 Å². The third kappa shape index (κ3) is 4.14. The van der Waals surface area contributed by atoms with Gasteiger partial charge in [0.15, 0.2) is 11.5 Å². The molecule has 2 rings (SSSR count). The number of halogens is 4. The van der Waals surface area contributed by atoms with Gasteiger partial charge in [-0.3, -0.25) is 4.79 Å². The largest absolute Gasteiger partial charge is 0.492 e. The first-order chi connectivity index (χ1) is 11.6. The van der Waals surface area contributed by atoms with E-state index in [1.54, 1.807) is 6.92 Å². The molecule has 0 aliphatic heterocycles. The number of ketones is 1. The van der Waals surface area contributed by atoms with E-state index in [1.165, 1.54) is 0 Å². The second-order valence-electron chi connectivity index (χ2n) is 4.88. The Labute approximate surface area is 138 Å². The van der Waals surface area contributed by atoms with E-state index in [0.717, 1.165) is 16.8 Å². The number of hydrogen-bond donors (Lipinski definition) is 1. The quantitative estimate of drug-likeness (QED) is 0.504. The fourth-order valence-electron chi connectivity index (χ4n) is 2.04. The zero-order valence-electron chi connectivity index (χ0n) is 12.8. The van der Waals surface area contributed by atoms with E-state index >= 15 is 0 Å². The van der Waals surface area contributed by atoms with Crippen molar-refractivity contribution in [2.45, 2.75) is 19.6 Å². The summed E-state index contributed by atoms with van der Waals surface area (Å²) in [5.41, 5.74) is -2.24. The molecular weight excluding hydrogens is 348 g/mol. The van der Waals surface area contributed by atoms with Crippen LogP contribution < -0.4 is 0 Å². The molecule has 0 aliphatic carbocycles. The lowest BCUT2D eigenvalue weighted by Gasteiger charge is -2.10. The third-order valence-electron chi connectivity index (χ3n) is 3.14. The lowest BCUT2D eigenvalue weighted by atomic mass is 10.1. The van der Waals surface area contributed by atoms with Crippen LogP contribution >= 0.6 is 0 Å². The normalized spacial score (nSPS) is 11.4. The number of alkyl halides is 3. The maximum absolute atomic E-state index is 13.3. The van der Waals surface area contributed by atoms with E-state index in [-0.39, 0.29) is 12.3 Å². The molecule has 1 N–H and O–H groups in total. The summed E-state index contributed by atoms with van der Waals surface area (Å²) in [5, 5.41) is 12.9. The van der Waals surface area contributed by atoms with E-state index in [4.69, 9.17) is 4.74 Å². The van der Waals surface area contributed by atoms with Crippen molar-refractivity contribution in [3.8, 4) is 5.88 Å². The maximum Gasteiger partial charge on any atom is 0.419 e. The minimum atomic E-state index is -4.96. The van der Waals surface area contributed by atoms with Crippen molar-refractivity contribution in [1.29, 1.82) is 0 Å². The van der Waals surface area contributed by atoms with Crippen LogP contribution in [0.5, 0.6) is 5.88 Å². The van der Waals surface area contributed by atoms with Crippen LogP contribution in [0.25, 0.3) is 0 Å². The Balaban J connectivity index is 2.31. The molecular formula is C15H12F4N2O4. The van der Waals surface area contributed by atoms with Gasteiger partial charge in [-0.1, -0.05) is 0 Å². The Hall–Kier alpha value is -2.91. The summed E-state index contributed by atoms with van der Waals surface area (Å²) >= 11 is 0.